The molecule has 0 bridgehead atoms. The number of para-hydroxylation sites is 2. The molecule has 2 aliphatic heterocycles. The van der Waals surface area contributed by atoms with Gasteiger partial charge in [0.2, 0.25) is 0 Å². The number of hydrazone groups is 1. The summed E-state index contributed by atoms with van der Waals surface area (Å²) in [6, 6.07) is 35.9. The maximum atomic E-state index is 14.1. The summed E-state index contributed by atoms with van der Waals surface area (Å²) in [5, 5.41) is 10.2. The lowest BCUT2D eigenvalue weighted by molar-refractivity contribution is -0.120. The van der Waals surface area contributed by atoms with Crippen molar-refractivity contribution in [3.05, 3.63) is 126 Å². The number of rotatable bonds is 4. The third-order valence-corrected chi connectivity index (χ3v) is 6.68. The van der Waals surface area contributed by atoms with E-state index in [1.54, 1.807) is 7.11 Å². The van der Waals surface area contributed by atoms with E-state index < -0.39 is 5.54 Å². The zero-order valence-corrected chi connectivity index (χ0v) is 18.7. The molecule has 6 rings (SSSR count). The van der Waals surface area contributed by atoms with Gasteiger partial charge in [0.15, 0.2) is 5.54 Å². The zero-order valence-electron chi connectivity index (χ0n) is 18.7. The second-order valence-electron chi connectivity index (χ2n) is 8.47. The topological polar surface area (TPSA) is 53.9 Å². The Hall–Kier alpha value is -4.38. The summed E-state index contributed by atoms with van der Waals surface area (Å²) < 4.78 is 5.38. The van der Waals surface area contributed by atoms with Crippen molar-refractivity contribution in [1.29, 1.82) is 0 Å². The molecule has 1 spiro atoms. The van der Waals surface area contributed by atoms with Crippen LogP contribution in [0, 0.1) is 0 Å². The van der Waals surface area contributed by atoms with E-state index in [2.05, 4.69) is 17.4 Å². The average Bonchev–Trinajstić information content (AvgIpc) is 3.41. The third kappa shape index (κ3) is 2.87. The fraction of sp³-hybridized carbons (Fsp3) is 0.103. The summed E-state index contributed by atoms with van der Waals surface area (Å²) in [4.78, 5) is 14.1. The van der Waals surface area contributed by atoms with Crippen LogP contribution in [0.4, 0.5) is 11.4 Å². The summed E-state index contributed by atoms with van der Waals surface area (Å²) >= 11 is 0. The predicted molar refractivity (Wildman–Crippen MR) is 134 cm³/mol. The number of hydrogen-bond donors (Lipinski definition) is 1. The number of nitrogens with one attached hydrogen (secondary N) is 1. The highest BCUT2D eigenvalue weighted by Gasteiger charge is 2.62. The smallest absolute Gasteiger partial charge is 0.258 e. The van der Waals surface area contributed by atoms with E-state index in [4.69, 9.17) is 9.84 Å². The molecule has 0 unspecified atom stereocenters. The zero-order chi connectivity index (χ0) is 23.1. The molecule has 0 aromatic heterocycles. The normalized spacial score (nSPS) is 20.7. The van der Waals surface area contributed by atoms with E-state index >= 15 is 0 Å². The molecule has 2 aliphatic rings. The van der Waals surface area contributed by atoms with Gasteiger partial charge < -0.3 is 10.1 Å². The lowest BCUT2D eigenvalue weighted by Gasteiger charge is -2.37. The van der Waals surface area contributed by atoms with E-state index in [9.17, 15) is 4.79 Å². The van der Waals surface area contributed by atoms with Gasteiger partial charge in [-0.3, -0.25) is 4.79 Å². The van der Waals surface area contributed by atoms with Crippen molar-refractivity contribution in [1.82, 2.24) is 0 Å². The maximum absolute atomic E-state index is 14.1. The Morgan fingerprint density at radius 3 is 2.18 bits per heavy atom. The molecule has 0 aliphatic carbocycles. The van der Waals surface area contributed by atoms with Gasteiger partial charge >= 0.3 is 0 Å². The van der Waals surface area contributed by atoms with Crippen LogP contribution in [0.5, 0.6) is 5.75 Å². The molecule has 0 saturated heterocycles. The van der Waals surface area contributed by atoms with E-state index in [1.165, 1.54) is 0 Å². The first-order chi connectivity index (χ1) is 16.7. The van der Waals surface area contributed by atoms with Crippen molar-refractivity contribution in [2.45, 2.75) is 11.5 Å². The first-order valence-corrected chi connectivity index (χ1v) is 11.3. The Balaban J connectivity index is 1.66. The van der Waals surface area contributed by atoms with Crippen molar-refractivity contribution in [3.63, 3.8) is 0 Å². The van der Waals surface area contributed by atoms with E-state index in [0.717, 1.165) is 39.5 Å². The quantitative estimate of drug-likeness (QED) is 0.448. The lowest BCUT2D eigenvalue weighted by atomic mass is 9.72. The summed E-state index contributed by atoms with van der Waals surface area (Å²) in [6.45, 7) is 0. The summed E-state index contributed by atoms with van der Waals surface area (Å²) in [5.74, 6) is 0.363. The van der Waals surface area contributed by atoms with Gasteiger partial charge in [-0.25, -0.2) is 5.01 Å². The Kier molecular flexibility index (Phi) is 4.69. The highest BCUT2D eigenvalue weighted by molar-refractivity contribution is 6.19. The van der Waals surface area contributed by atoms with Crippen molar-refractivity contribution in [2.24, 2.45) is 5.10 Å². The number of ether oxygens (including phenoxy) is 1. The van der Waals surface area contributed by atoms with Crippen molar-refractivity contribution in [3.8, 4) is 5.75 Å². The number of anilines is 2. The molecular formula is C29H23N3O2. The largest absolute Gasteiger partial charge is 0.497 e. The van der Waals surface area contributed by atoms with Gasteiger partial charge in [0.1, 0.15) is 5.75 Å². The van der Waals surface area contributed by atoms with Crippen LogP contribution in [0.2, 0.25) is 0 Å². The van der Waals surface area contributed by atoms with E-state index in [-0.39, 0.29) is 11.8 Å². The first kappa shape index (κ1) is 20.2. The summed E-state index contributed by atoms with van der Waals surface area (Å²) in [7, 11) is 1.65. The Morgan fingerprint density at radius 2 is 1.47 bits per heavy atom. The second-order valence-corrected chi connectivity index (χ2v) is 8.47. The molecule has 34 heavy (non-hydrogen) atoms. The Morgan fingerprint density at radius 1 is 0.824 bits per heavy atom. The number of fused-ring (bicyclic) bond motifs is 2. The van der Waals surface area contributed by atoms with E-state index in [0.29, 0.717) is 0 Å². The van der Waals surface area contributed by atoms with Gasteiger partial charge in [0.25, 0.3) is 5.91 Å². The number of methoxy groups -OCH3 is 1. The highest BCUT2D eigenvalue weighted by atomic mass is 16.5. The molecule has 5 nitrogen and oxygen atoms in total. The number of hydrogen-bond acceptors (Lipinski definition) is 4. The van der Waals surface area contributed by atoms with Gasteiger partial charge in [-0.05, 0) is 53.6 Å². The molecule has 2 atom stereocenters. The fourth-order valence-corrected chi connectivity index (χ4v) is 5.19. The van der Waals surface area contributed by atoms with Crippen LogP contribution in [0.1, 0.15) is 22.6 Å². The van der Waals surface area contributed by atoms with Crippen LogP contribution in [-0.4, -0.2) is 18.7 Å². The molecule has 166 valence electrons. The van der Waals surface area contributed by atoms with Gasteiger partial charge in [0, 0.05) is 11.3 Å². The van der Waals surface area contributed by atoms with Crippen LogP contribution < -0.4 is 15.1 Å². The van der Waals surface area contributed by atoms with Crippen LogP contribution in [0.25, 0.3) is 0 Å². The van der Waals surface area contributed by atoms with Gasteiger partial charge in [0.05, 0.1) is 24.4 Å². The Labute approximate surface area is 198 Å². The average molecular weight is 446 g/mol. The van der Waals surface area contributed by atoms with E-state index in [1.807, 2.05) is 102 Å². The van der Waals surface area contributed by atoms with Gasteiger partial charge in [-0.1, -0.05) is 66.7 Å². The van der Waals surface area contributed by atoms with Gasteiger partial charge in [-0.2, -0.15) is 5.10 Å². The van der Waals surface area contributed by atoms with Crippen LogP contribution in [0.3, 0.4) is 0 Å². The maximum Gasteiger partial charge on any atom is 0.258 e. The molecule has 0 fully saturated rings. The molecule has 4 aromatic rings. The first-order valence-electron chi connectivity index (χ1n) is 11.3. The van der Waals surface area contributed by atoms with Crippen LogP contribution in [0.15, 0.2) is 114 Å². The summed E-state index contributed by atoms with van der Waals surface area (Å²) in [6.07, 6.45) is 0. The molecule has 0 radical (unpaired) electrons. The minimum absolute atomic E-state index is 0.0846. The standard InChI is InChI=1S/C29H23N3O2/c1-34-23-18-16-21(17-19-23)27-26(20-10-4-2-5-11-20)29(32(31-27)22-12-6-3-7-13-22)24-14-8-9-15-25(24)30-28(29)33/h2-19,26H,1H3,(H,30,33)/t26-,29-/m0/s1. The lowest BCUT2D eigenvalue weighted by Crippen LogP contribution is -2.50. The fourth-order valence-electron chi connectivity index (χ4n) is 5.19. The molecular weight excluding hydrogens is 422 g/mol. The molecule has 1 amide bonds. The number of amides is 1. The summed E-state index contributed by atoms with van der Waals surface area (Å²) in [5.41, 5.74) is 4.36. The second kappa shape index (κ2) is 7.89. The van der Waals surface area contributed by atoms with Crippen molar-refractivity contribution >= 4 is 23.0 Å². The number of benzene rings is 4. The van der Waals surface area contributed by atoms with Crippen LogP contribution >= 0.6 is 0 Å². The van der Waals surface area contributed by atoms with Crippen molar-refractivity contribution in [2.75, 3.05) is 17.4 Å². The molecule has 4 aromatic carbocycles. The number of carbonyl (C=O) groups excluding carboxylic acids is 1. The Bertz CT molecular complexity index is 1380. The molecule has 2 heterocycles. The monoisotopic (exact) mass is 445 g/mol. The third-order valence-electron chi connectivity index (χ3n) is 6.68. The minimum Gasteiger partial charge on any atom is -0.497 e. The van der Waals surface area contributed by atoms with Crippen molar-refractivity contribution < 1.29 is 9.53 Å². The predicted octanol–water partition coefficient (Wildman–Crippen LogP) is 5.55. The SMILES string of the molecule is COc1ccc(C2=NN(c3ccccc3)[C@]3(C(=O)Nc4ccccc43)[C@H]2c2ccccc2)cc1. The minimum atomic E-state index is -1.06. The molecule has 0 saturated carbocycles. The number of nitrogens with zero attached hydrogens (tertiary/aromatic N) is 2. The van der Waals surface area contributed by atoms with Crippen LogP contribution in [-0.2, 0) is 10.3 Å². The molecule has 5 heteroatoms. The molecule has 1 N–H and O–H groups in total. The number of carbonyl (C=O) groups is 1. The van der Waals surface area contributed by atoms with Gasteiger partial charge in [-0.15, -0.1) is 0 Å². The highest BCUT2D eigenvalue weighted by Crippen LogP contribution is 2.55.